The number of aromatic nitrogens is 2. The van der Waals surface area contributed by atoms with Crippen molar-refractivity contribution in [2.75, 3.05) is 11.9 Å². The van der Waals surface area contributed by atoms with Crippen LogP contribution in [0.1, 0.15) is 71.2 Å². The lowest BCUT2D eigenvalue weighted by atomic mass is 9.76. The van der Waals surface area contributed by atoms with Gasteiger partial charge < -0.3 is 10.1 Å². The van der Waals surface area contributed by atoms with E-state index in [0.717, 1.165) is 18.4 Å². The summed E-state index contributed by atoms with van der Waals surface area (Å²) in [5, 5.41) is 18.9. The number of benzene rings is 1. The van der Waals surface area contributed by atoms with Crippen molar-refractivity contribution in [1.29, 1.82) is 5.26 Å². The van der Waals surface area contributed by atoms with Crippen LogP contribution in [-0.2, 0) is 15.6 Å². The minimum absolute atomic E-state index is 0.0722. The van der Waals surface area contributed by atoms with Crippen molar-refractivity contribution in [2.45, 2.75) is 65.2 Å². The maximum absolute atomic E-state index is 12.3. The number of hydrogen-bond donors (Lipinski definition) is 1. The normalized spacial score (nSPS) is 11.6. The Kier molecular flexibility index (Phi) is 6.97. The van der Waals surface area contributed by atoms with E-state index < -0.39 is 0 Å². The van der Waals surface area contributed by atoms with Crippen LogP contribution in [0.15, 0.2) is 30.3 Å². The second-order valence-electron chi connectivity index (χ2n) is 8.44. The van der Waals surface area contributed by atoms with E-state index in [1.807, 2.05) is 12.1 Å². The Bertz CT molecular complexity index is 896. The van der Waals surface area contributed by atoms with Gasteiger partial charge in [0, 0.05) is 5.56 Å². The number of carbonyl (C=O) groups excluding carboxylic acids is 1. The average molecular weight is 395 g/mol. The second-order valence-corrected chi connectivity index (χ2v) is 8.44. The van der Waals surface area contributed by atoms with Gasteiger partial charge in [-0.15, -0.1) is 10.2 Å². The molecule has 29 heavy (non-hydrogen) atoms. The SMILES string of the molecule is CCC(C)(C)c1ccc(OCC(=O)Nc2ccc(C#N)nn2)c(C(C)(C)CC)c1. The molecule has 1 aromatic carbocycles. The topological polar surface area (TPSA) is 87.9 Å². The molecule has 154 valence electrons. The summed E-state index contributed by atoms with van der Waals surface area (Å²) < 4.78 is 5.89. The van der Waals surface area contributed by atoms with Gasteiger partial charge in [0.25, 0.3) is 5.91 Å². The van der Waals surface area contributed by atoms with Crippen molar-refractivity contribution in [3.8, 4) is 11.8 Å². The number of ether oxygens (including phenoxy) is 1. The van der Waals surface area contributed by atoms with Crippen LogP contribution >= 0.6 is 0 Å². The molecule has 0 saturated heterocycles. The molecule has 2 aromatic rings. The first-order valence-corrected chi connectivity index (χ1v) is 9.94. The molecule has 0 saturated carbocycles. The first-order valence-electron chi connectivity index (χ1n) is 9.94. The third kappa shape index (κ3) is 5.54. The Morgan fingerprint density at radius 2 is 1.76 bits per heavy atom. The molecule has 1 N–H and O–H groups in total. The van der Waals surface area contributed by atoms with Gasteiger partial charge in [-0.2, -0.15) is 5.26 Å². The summed E-state index contributed by atoms with van der Waals surface area (Å²) in [7, 11) is 0. The standard InChI is InChI=1S/C23H30N4O2/c1-7-22(3,4)16-9-11-19(18(13-16)23(5,6)8-2)29-15-21(28)25-20-12-10-17(14-24)26-27-20/h9-13H,7-8,15H2,1-6H3,(H,25,27,28). The van der Waals surface area contributed by atoms with Crippen molar-refractivity contribution in [3.63, 3.8) is 0 Å². The first-order chi connectivity index (χ1) is 13.6. The zero-order valence-corrected chi connectivity index (χ0v) is 18.2. The van der Waals surface area contributed by atoms with E-state index in [1.165, 1.54) is 17.7 Å². The predicted octanol–water partition coefficient (Wildman–Crippen LogP) is 4.74. The van der Waals surface area contributed by atoms with Gasteiger partial charge >= 0.3 is 0 Å². The molecule has 1 amide bonds. The lowest BCUT2D eigenvalue weighted by Crippen LogP contribution is -2.24. The van der Waals surface area contributed by atoms with E-state index in [9.17, 15) is 4.79 Å². The third-order valence-corrected chi connectivity index (χ3v) is 5.66. The van der Waals surface area contributed by atoms with Gasteiger partial charge in [0.05, 0.1) is 0 Å². The number of nitriles is 1. The molecule has 0 spiro atoms. The monoisotopic (exact) mass is 394 g/mol. The maximum atomic E-state index is 12.3. The van der Waals surface area contributed by atoms with E-state index >= 15 is 0 Å². The molecular formula is C23H30N4O2. The van der Waals surface area contributed by atoms with Crippen molar-refractivity contribution in [1.82, 2.24) is 10.2 Å². The van der Waals surface area contributed by atoms with Crippen LogP contribution in [0.5, 0.6) is 5.75 Å². The summed E-state index contributed by atoms with van der Waals surface area (Å²) in [6, 6.07) is 11.2. The van der Waals surface area contributed by atoms with Gasteiger partial charge in [0.2, 0.25) is 0 Å². The highest BCUT2D eigenvalue weighted by atomic mass is 16.5. The lowest BCUT2D eigenvalue weighted by Gasteiger charge is -2.30. The molecule has 6 nitrogen and oxygen atoms in total. The molecule has 0 bridgehead atoms. The van der Waals surface area contributed by atoms with Crippen LogP contribution in [0.2, 0.25) is 0 Å². The molecule has 6 heteroatoms. The second kappa shape index (κ2) is 9.04. The molecule has 0 unspecified atom stereocenters. The predicted molar refractivity (Wildman–Crippen MR) is 114 cm³/mol. The molecule has 0 atom stereocenters. The Balaban J connectivity index is 2.18. The average Bonchev–Trinajstić information content (AvgIpc) is 2.72. The van der Waals surface area contributed by atoms with Crippen molar-refractivity contribution >= 4 is 11.7 Å². The summed E-state index contributed by atoms with van der Waals surface area (Å²) in [5.74, 6) is 0.669. The highest BCUT2D eigenvalue weighted by molar-refractivity contribution is 5.90. The maximum Gasteiger partial charge on any atom is 0.263 e. The van der Waals surface area contributed by atoms with Gasteiger partial charge in [-0.05, 0) is 47.4 Å². The number of rotatable bonds is 8. The Labute approximate surface area is 173 Å². The fraction of sp³-hybridized carbons (Fsp3) is 0.478. The zero-order chi connectivity index (χ0) is 21.7. The fourth-order valence-corrected chi connectivity index (χ4v) is 2.78. The largest absolute Gasteiger partial charge is 0.483 e. The summed E-state index contributed by atoms with van der Waals surface area (Å²) in [4.78, 5) is 12.3. The molecule has 0 fully saturated rings. The number of hydrogen-bond acceptors (Lipinski definition) is 5. The molecule has 0 aliphatic rings. The van der Waals surface area contributed by atoms with E-state index in [2.05, 4.69) is 69.2 Å². The Morgan fingerprint density at radius 3 is 2.31 bits per heavy atom. The van der Waals surface area contributed by atoms with Crippen LogP contribution in [-0.4, -0.2) is 22.7 Å². The first kappa shape index (κ1) is 22.4. The van der Waals surface area contributed by atoms with Crippen LogP contribution in [0.3, 0.4) is 0 Å². The molecule has 1 aromatic heterocycles. The number of carbonyl (C=O) groups is 1. The smallest absolute Gasteiger partial charge is 0.263 e. The van der Waals surface area contributed by atoms with Gasteiger partial charge in [-0.1, -0.05) is 53.7 Å². The highest BCUT2D eigenvalue weighted by Crippen LogP contribution is 2.38. The molecule has 0 aliphatic carbocycles. The third-order valence-electron chi connectivity index (χ3n) is 5.66. The molecule has 1 heterocycles. The molecular weight excluding hydrogens is 364 g/mol. The summed E-state index contributed by atoms with van der Waals surface area (Å²) in [5.41, 5.74) is 2.56. The number of amides is 1. The van der Waals surface area contributed by atoms with E-state index in [4.69, 9.17) is 10.00 Å². The van der Waals surface area contributed by atoms with Gasteiger partial charge in [-0.25, -0.2) is 0 Å². The van der Waals surface area contributed by atoms with Crippen LogP contribution in [0.25, 0.3) is 0 Å². The minimum Gasteiger partial charge on any atom is -0.483 e. The number of nitrogens with zero attached hydrogens (tertiary/aromatic N) is 3. The zero-order valence-electron chi connectivity index (χ0n) is 18.2. The highest BCUT2D eigenvalue weighted by Gasteiger charge is 2.26. The minimum atomic E-state index is -0.331. The summed E-state index contributed by atoms with van der Waals surface area (Å²) >= 11 is 0. The van der Waals surface area contributed by atoms with Crippen LogP contribution in [0.4, 0.5) is 5.82 Å². The number of nitrogens with one attached hydrogen (secondary N) is 1. The Morgan fingerprint density at radius 1 is 1.07 bits per heavy atom. The summed E-state index contributed by atoms with van der Waals surface area (Å²) in [6.45, 7) is 13.0. The molecule has 0 radical (unpaired) electrons. The quantitative estimate of drug-likeness (QED) is 0.698. The van der Waals surface area contributed by atoms with Crippen molar-refractivity contribution < 1.29 is 9.53 Å². The Hall–Kier alpha value is -2.94. The van der Waals surface area contributed by atoms with E-state index in [1.54, 1.807) is 0 Å². The van der Waals surface area contributed by atoms with Crippen molar-refractivity contribution in [3.05, 3.63) is 47.2 Å². The van der Waals surface area contributed by atoms with E-state index in [-0.39, 0.29) is 34.9 Å². The summed E-state index contributed by atoms with van der Waals surface area (Å²) in [6.07, 6.45) is 1.99. The molecule has 0 aliphatic heterocycles. The fourth-order valence-electron chi connectivity index (χ4n) is 2.78. The van der Waals surface area contributed by atoms with Gasteiger partial charge in [0.15, 0.2) is 18.1 Å². The van der Waals surface area contributed by atoms with Gasteiger partial charge in [0.1, 0.15) is 11.8 Å². The molecule has 2 rings (SSSR count). The van der Waals surface area contributed by atoms with Crippen LogP contribution in [0, 0.1) is 11.3 Å². The van der Waals surface area contributed by atoms with Crippen molar-refractivity contribution in [2.24, 2.45) is 0 Å². The lowest BCUT2D eigenvalue weighted by molar-refractivity contribution is -0.118. The van der Waals surface area contributed by atoms with Gasteiger partial charge in [-0.3, -0.25) is 4.79 Å². The van der Waals surface area contributed by atoms with E-state index in [0.29, 0.717) is 5.75 Å². The number of anilines is 1. The van der Waals surface area contributed by atoms with Crippen LogP contribution < -0.4 is 10.1 Å².